The molecule has 4 heteroatoms. The quantitative estimate of drug-likeness (QED) is 0.822. The SMILES string of the molecule is Nc1cccc(CCC(=O)NCc2ccc(F)cc2)c1. The second-order valence-corrected chi connectivity index (χ2v) is 4.65. The third kappa shape index (κ3) is 4.39. The Hall–Kier alpha value is -2.36. The minimum Gasteiger partial charge on any atom is -0.399 e. The lowest BCUT2D eigenvalue weighted by Crippen LogP contribution is -2.22. The zero-order valence-electron chi connectivity index (χ0n) is 11.1. The molecule has 2 aromatic carbocycles. The fraction of sp³-hybridized carbons (Fsp3) is 0.188. The minimum atomic E-state index is -0.276. The second kappa shape index (κ2) is 6.70. The second-order valence-electron chi connectivity index (χ2n) is 4.65. The average Bonchev–Trinajstić information content (AvgIpc) is 2.45. The van der Waals surface area contributed by atoms with E-state index in [0.717, 1.165) is 11.1 Å². The van der Waals surface area contributed by atoms with Crippen molar-refractivity contribution in [2.45, 2.75) is 19.4 Å². The van der Waals surface area contributed by atoms with E-state index in [1.807, 2.05) is 24.3 Å². The summed E-state index contributed by atoms with van der Waals surface area (Å²) in [5, 5.41) is 2.81. The van der Waals surface area contributed by atoms with E-state index in [2.05, 4.69) is 5.32 Å². The molecule has 1 amide bonds. The lowest BCUT2D eigenvalue weighted by Gasteiger charge is -2.06. The molecule has 2 rings (SSSR count). The van der Waals surface area contributed by atoms with Crippen LogP contribution in [0.5, 0.6) is 0 Å². The summed E-state index contributed by atoms with van der Waals surface area (Å²) in [4.78, 5) is 11.7. The number of nitrogens with one attached hydrogen (secondary N) is 1. The number of halogens is 1. The van der Waals surface area contributed by atoms with Crippen LogP contribution in [0.3, 0.4) is 0 Å². The van der Waals surface area contributed by atoms with Crippen molar-refractivity contribution in [1.29, 1.82) is 0 Å². The standard InChI is InChI=1S/C16H17FN2O/c17-14-7-4-13(5-8-14)11-19-16(20)9-6-12-2-1-3-15(18)10-12/h1-5,7-8,10H,6,9,11,18H2,(H,19,20). The Kier molecular flexibility index (Phi) is 4.71. The van der Waals surface area contributed by atoms with Gasteiger partial charge >= 0.3 is 0 Å². The Labute approximate surface area is 117 Å². The predicted molar refractivity (Wildman–Crippen MR) is 77.4 cm³/mol. The van der Waals surface area contributed by atoms with E-state index in [1.165, 1.54) is 12.1 Å². The Morgan fingerprint density at radius 1 is 1.10 bits per heavy atom. The summed E-state index contributed by atoms with van der Waals surface area (Å²) < 4.78 is 12.7. The van der Waals surface area contributed by atoms with Gasteiger partial charge in [0.05, 0.1) is 0 Å². The minimum absolute atomic E-state index is 0.0308. The van der Waals surface area contributed by atoms with Gasteiger partial charge in [0.25, 0.3) is 0 Å². The number of carbonyl (C=O) groups is 1. The number of carbonyl (C=O) groups excluding carboxylic acids is 1. The van der Waals surface area contributed by atoms with Crippen molar-refractivity contribution < 1.29 is 9.18 Å². The zero-order chi connectivity index (χ0) is 14.4. The molecule has 3 N–H and O–H groups in total. The van der Waals surface area contributed by atoms with E-state index in [-0.39, 0.29) is 11.7 Å². The maximum Gasteiger partial charge on any atom is 0.220 e. The van der Waals surface area contributed by atoms with Crippen LogP contribution in [-0.2, 0) is 17.8 Å². The molecule has 0 aliphatic heterocycles. The van der Waals surface area contributed by atoms with Gasteiger partial charge in [0, 0.05) is 18.7 Å². The number of rotatable bonds is 5. The third-order valence-electron chi connectivity index (χ3n) is 2.99. The van der Waals surface area contributed by atoms with Crippen molar-refractivity contribution in [2.24, 2.45) is 0 Å². The van der Waals surface area contributed by atoms with Crippen LogP contribution >= 0.6 is 0 Å². The molecule has 0 spiro atoms. The summed E-state index contributed by atoms with van der Waals surface area (Å²) in [5.74, 6) is -0.307. The molecule has 3 nitrogen and oxygen atoms in total. The summed E-state index contributed by atoms with van der Waals surface area (Å²) >= 11 is 0. The molecule has 0 aliphatic rings. The molecule has 0 fully saturated rings. The summed E-state index contributed by atoms with van der Waals surface area (Å²) in [5.41, 5.74) is 8.31. The monoisotopic (exact) mass is 272 g/mol. The molecular formula is C16H17FN2O. The number of nitrogen functional groups attached to an aromatic ring is 1. The van der Waals surface area contributed by atoms with Crippen molar-refractivity contribution >= 4 is 11.6 Å². The van der Waals surface area contributed by atoms with E-state index in [1.54, 1.807) is 12.1 Å². The maximum atomic E-state index is 12.7. The lowest BCUT2D eigenvalue weighted by atomic mass is 10.1. The number of aryl methyl sites for hydroxylation is 1. The summed E-state index contributed by atoms with van der Waals surface area (Å²) in [6.45, 7) is 0.413. The van der Waals surface area contributed by atoms with Crippen LogP contribution in [0.2, 0.25) is 0 Å². The van der Waals surface area contributed by atoms with Gasteiger partial charge in [-0.25, -0.2) is 4.39 Å². The molecule has 0 aromatic heterocycles. The number of hydrogen-bond donors (Lipinski definition) is 2. The lowest BCUT2D eigenvalue weighted by molar-refractivity contribution is -0.121. The molecule has 20 heavy (non-hydrogen) atoms. The van der Waals surface area contributed by atoms with E-state index in [9.17, 15) is 9.18 Å². The summed E-state index contributed by atoms with van der Waals surface area (Å²) in [6, 6.07) is 13.6. The summed E-state index contributed by atoms with van der Waals surface area (Å²) in [6.07, 6.45) is 1.06. The van der Waals surface area contributed by atoms with E-state index >= 15 is 0 Å². The van der Waals surface area contributed by atoms with Gasteiger partial charge in [-0.3, -0.25) is 4.79 Å². The van der Waals surface area contributed by atoms with Gasteiger partial charge in [0.1, 0.15) is 5.82 Å². The number of nitrogens with two attached hydrogens (primary N) is 1. The molecular weight excluding hydrogens is 255 g/mol. The Morgan fingerprint density at radius 2 is 1.85 bits per heavy atom. The van der Waals surface area contributed by atoms with Crippen molar-refractivity contribution in [3.8, 4) is 0 Å². The number of anilines is 1. The van der Waals surface area contributed by atoms with Gasteiger partial charge in [-0.15, -0.1) is 0 Å². The van der Waals surface area contributed by atoms with Gasteiger partial charge in [-0.05, 0) is 41.8 Å². The third-order valence-corrected chi connectivity index (χ3v) is 2.99. The number of hydrogen-bond acceptors (Lipinski definition) is 2. The largest absolute Gasteiger partial charge is 0.399 e. The Bertz CT molecular complexity index is 581. The molecule has 0 bridgehead atoms. The molecule has 0 aliphatic carbocycles. The molecule has 0 heterocycles. The van der Waals surface area contributed by atoms with Crippen LogP contribution in [0.4, 0.5) is 10.1 Å². The zero-order valence-corrected chi connectivity index (χ0v) is 11.1. The van der Waals surface area contributed by atoms with Crippen LogP contribution in [0.25, 0.3) is 0 Å². The predicted octanol–water partition coefficient (Wildman–Crippen LogP) is 2.66. The van der Waals surface area contributed by atoms with Crippen molar-refractivity contribution in [2.75, 3.05) is 5.73 Å². The highest BCUT2D eigenvalue weighted by Crippen LogP contribution is 2.09. The van der Waals surface area contributed by atoms with Crippen molar-refractivity contribution in [3.05, 3.63) is 65.5 Å². The smallest absolute Gasteiger partial charge is 0.220 e. The number of benzene rings is 2. The molecule has 0 atom stereocenters. The van der Waals surface area contributed by atoms with Crippen molar-refractivity contribution in [1.82, 2.24) is 5.32 Å². The van der Waals surface area contributed by atoms with Crippen LogP contribution in [0.1, 0.15) is 17.5 Å². The topological polar surface area (TPSA) is 55.1 Å². The fourth-order valence-corrected chi connectivity index (χ4v) is 1.90. The first-order valence-electron chi connectivity index (χ1n) is 6.49. The van der Waals surface area contributed by atoms with Crippen LogP contribution in [0, 0.1) is 5.82 Å². The van der Waals surface area contributed by atoms with Gasteiger partial charge in [-0.2, -0.15) is 0 Å². The van der Waals surface area contributed by atoms with Gasteiger partial charge in [0.2, 0.25) is 5.91 Å². The maximum absolute atomic E-state index is 12.7. The van der Waals surface area contributed by atoms with Crippen LogP contribution in [-0.4, -0.2) is 5.91 Å². The van der Waals surface area contributed by atoms with Crippen LogP contribution in [0.15, 0.2) is 48.5 Å². The van der Waals surface area contributed by atoms with E-state index in [0.29, 0.717) is 25.1 Å². The molecule has 104 valence electrons. The van der Waals surface area contributed by atoms with Gasteiger partial charge in [-0.1, -0.05) is 24.3 Å². The van der Waals surface area contributed by atoms with Crippen molar-refractivity contribution in [3.63, 3.8) is 0 Å². The first-order chi connectivity index (χ1) is 9.63. The molecule has 0 radical (unpaired) electrons. The van der Waals surface area contributed by atoms with E-state index < -0.39 is 0 Å². The summed E-state index contributed by atoms with van der Waals surface area (Å²) in [7, 11) is 0. The highest BCUT2D eigenvalue weighted by molar-refractivity contribution is 5.76. The first kappa shape index (κ1) is 14.1. The molecule has 0 unspecified atom stereocenters. The first-order valence-corrected chi connectivity index (χ1v) is 6.49. The highest BCUT2D eigenvalue weighted by atomic mass is 19.1. The Balaban J connectivity index is 1.77. The molecule has 0 saturated heterocycles. The highest BCUT2D eigenvalue weighted by Gasteiger charge is 2.03. The van der Waals surface area contributed by atoms with Crippen LogP contribution < -0.4 is 11.1 Å². The van der Waals surface area contributed by atoms with Gasteiger partial charge in [0.15, 0.2) is 0 Å². The van der Waals surface area contributed by atoms with E-state index in [4.69, 9.17) is 5.73 Å². The molecule has 2 aromatic rings. The normalized spacial score (nSPS) is 10.2. The average molecular weight is 272 g/mol. The molecule has 0 saturated carbocycles. The Morgan fingerprint density at radius 3 is 2.55 bits per heavy atom. The fourth-order valence-electron chi connectivity index (χ4n) is 1.90. The van der Waals surface area contributed by atoms with Gasteiger partial charge < -0.3 is 11.1 Å². The number of amides is 1.